The van der Waals surface area contributed by atoms with Crippen molar-refractivity contribution in [1.29, 1.82) is 0 Å². The molecule has 1 aromatic rings. The highest BCUT2D eigenvalue weighted by Gasteiger charge is 2.07. The van der Waals surface area contributed by atoms with Crippen molar-refractivity contribution in [1.82, 2.24) is 0 Å². The molecule has 0 fully saturated rings. The number of hydrogen-bond acceptors (Lipinski definition) is 1. The zero-order valence-electron chi connectivity index (χ0n) is 8.02. The molecule has 62 valence electrons. The van der Waals surface area contributed by atoms with Crippen molar-refractivity contribution in [3.63, 3.8) is 0 Å². The Morgan fingerprint density at radius 3 is 1.75 bits per heavy atom. The first kappa shape index (κ1) is 9.72. The smallest absolute Gasteiger partial charge is 0.115 e. The van der Waals surface area contributed by atoms with Crippen LogP contribution in [-0.4, -0.2) is 7.85 Å². The van der Waals surface area contributed by atoms with Crippen molar-refractivity contribution in [3.05, 3.63) is 22.3 Å². The number of rotatable bonds is 0. The second kappa shape index (κ2) is 3.17. The lowest BCUT2D eigenvalue weighted by atomic mass is 9.84. The lowest BCUT2D eigenvalue weighted by molar-refractivity contribution is 1.17. The highest BCUT2D eigenvalue weighted by Crippen LogP contribution is 2.20. The van der Waals surface area contributed by atoms with E-state index in [4.69, 9.17) is 7.85 Å². The van der Waals surface area contributed by atoms with Gasteiger partial charge in [-0.15, -0.1) is 12.6 Å². The van der Waals surface area contributed by atoms with E-state index in [1.54, 1.807) is 0 Å². The van der Waals surface area contributed by atoms with Crippen LogP contribution in [0.5, 0.6) is 0 Å². The Kier molecular flexibility index (Phi) is 2.57. The Bertz CT molecular complexity index is 224. The van der Waals surface area contributed by atoms with Crippen molar-refractivity contribution in [3.8, 4) is 0 Å². The fourth-order valence-electron chi connectivity index (χ4n) is 1.32. The van der Waals surface area contributed by atoms with Crippen LogP contribution in [0, 0.1) is 27.7 Å². The van der Waals surface area contributed by atoms with Gasteiger partial charge in [-0.3, -0.25) is 0 Å². The van der Waals surface area contributed by atoms with E-state index in [9.17, 15) is 0 Å². The van der Waals surface area contributed by atoms with Gasteiger partial charge < -0.3 is 0 Å². The minimum Gasteiger partial charge on any atom is -0.144 e. The van der Waals surface area contributed by atoms with Gasteiger partial charge in [0.25, 0.3) is 0 Å². The van der Waals surface area contributed by atoms with Gasteiger partial charge in [0.05, 0.1) is 0 Å². The number of hydrogen-bond donors (Lipinski definition) is 1. The maximum Gasteiger partial charge on any atom is 0.115 e. The molecule has 1 rings (SSSR count). The number of thiol groups is 1. The molecule has 0 aliphatic rings. The van der Waals surface area contributed by atoms with Gasteiger partial charge in [-0.2, -0.15) is 0 Å². The normalized spacial score (nSPS) is 10.4. The lowest BCUT2D eigenvalue weighted by Gasteiger charge is -2.15. The fraction of sp³-hybridized carbons (Fsp3) is 0.400. The van der Waals surface area contributed by atoms with Crippen LogP contribution in [0.1, 0.15) is 22.3 Å². The Hall–Kier alpha value is -0.365. The number of benzene rings is 1. The summed E-state index contributed by atoms with van der Waals surface area (Å²) in [5, 5.41) is 0. The SMILES string of the molecule is [B]c1c(C)c(C)c(C)c(C)c1S. The molecule has 0 amide bonds. The van der Waals surface area contributed by atoms with Crippen LogP contribution in [0.4, 0.5) is 0 Å². The monoisotopic (exact) mass is 176 g/mol. The average molecular weight is 176 g/mol. The second-order valence-electron chi connectivity index (χ2n) is 3.26. The molecular weight excluding hydrogens is 163 g/mol. The van der Waals surface area contributed by atoms with Crippen molar-refractivity contribution in [2.24, 2.45) is 0 Å². The minimum atomic E-state index is 0.818. The van der Waals surface area contributed by atoms with Gasteiger partial charge in [-0.1, -0.05) is 11.0 Å². The summed E-state index contributed by atoms with van der Waals surface area (Å²) in [6.45, 7) is 8.30. The first-order valence-corrected chi connectivity index (χ1v) is 4.46. The van der Waals surface area contributed by atoms with Gasteiger partial charge in [-0.25, -0.2) is 0 Å². The van der Waals surface area contributed by atoms with Gasteiger partial charge >= 0.3 is 0 Å². The summed E-state index contributed by atoms with van der Waals surface area (Å²) in [4.78, 5) is 0.926. The van der Waals surface area contributed by atoms with Crippen LogP contribution in [0.3, 0.4) is 0 Å². The van der Waals surface area contributed by atoms with Crippen molar-refractivity contribution in [2.75, 3.05) is 0 Å². The van der Waals surface area contributed by atoms with E-state index in [1.165, 1.54) is 16.7 Å². The molecule has 0 aromatic heterocycles. The second-order valence-corrected chi connectivity index (χ2v) is 3.71. The maximum absolute atomic E-state index is 5.88. The highest BCUT2D eigenvalue weighted by molar-refractivity contribution is 7.80. The topological polar surface area (TPSA) is 0 Å². The van der Waals surface area contributed by atoms with E-state index in [0.29, 0.717) is 0 Å². The third-order valence-corrected chi connectivity index (χ3v) is 3.28. The largest absolute Gasteiger partial charge is 0.144 e. The first-order valence-electron chi connectivity index (χ1n) is 4.01. The lowest BCUT2D eigenvalue weighted by Crippen LogP contribution is -2.14. The molecule has 0 nitrogen and oxygen atoms in total. The van der Waals surface area contributed by atoms with Crippen LogP contribution in [0.2, 0.25) is 0 Å². The summed E-state index contributed by atoms with van der Waals surface area (Å²) < 4.78 is 0. The Balaban J connectivity index is 3.60. The van der Waals surface area contributed by atoms with Gasteiger partial charge in [0.1, 0.15) is 7.85 Å². The van der Waals surface area contributed by atoms with E-state index < -0.39 is 0 Å². The van der Waals surface area contributed by atoms with Gasteiger partial charge in [0, 0.05) is 4.90 Å². The molecule has 0 saturated carbocycles. The summed E-state index contributed by atoms with van der Waals surface area (Å²) in [7, 11) is 5.88. The minimum absolute atomic E-state index is 0.818. The molecule has 0 aliphatic heterocycles. The van der Waals surface area contributed by atoms with E-state index in [2.05, 4.69) is 33.4 Å². The Morgan fingerprint density at radius 2 is 1.25 bits per heavy atom. The van der Waals surface area contributed by atoms with E-state index >= 15 is 0 Å². The zero-order chi connectivity index (χ0) is 9.46. The van der Waals surface area contributed by atoms with Crippen LogP contribution < -0.4 is 5.46 Å². The summed E-state index contributed by atoms with van der Waals surface area (Å²) in [5.74, 6) is 0. The molecule has 0 bridgehead atoms. The Labute approximate surface area is 81.2 Å². The van der Waals surface area contributed by atoms with Gasteiger partial charge in [-0.05, 0) is 44.4 Å². The van der Waals surface area contributed by atoms with Crippen LogP contribution in [-0.2, 0) is 0 Å². The van der Waals surface area contributed by atoms with Gasteiger partial charge in [0.15, 0.2) is 0 Å². The van der Waals surface area contributed by atoms with Crippen LogP contribution in [0.15, 0.2) is 4.90 Å². The molecule has 0 aliphatic carbocycles. The third kappa shape index (κ3) is 1.29. The molecule has 0 heterocycles. The van der Waals surface area contributed by atoms with E-state index in [-0.39, 0.29) is 0 Å². The predicted molar refractivity (Wildman–Crippen MR) is 58.0 cm³/mol. The summed E-state index contributed by atoms with van der Waals surface area (Å²) >= 11 is 4.37. The van der Waals surface area contributed by atoms with Gasteiger partial charge in [0.2, 0.25) is 0 Å². The molecule has 1 aromatic carbocycles. The quantitative estimate of drug-likeness (QED) is 0.453. The molecule has 0 saturated heterocycles. The summed E-state index contributed by atoms with van der Waals surface area (Å²) in [6, 6.07) is 0. The molecule has 12 heavy (non-hydrogen) atoms. The Morgan fingerprint density at radius 1 is 0.833 bits per heavy atom. The predicted octanol–water partition coefficient (Wildman–Crippen LogP) is 2.00. The molecule has 0 spiro atoms. The molecule has 2 radical (unpaired) electrons. The maximum atomic E-state index is 5.88. The fourth-order valence-corrected chi connectivity index (χ4v) is 1.66. The molecule has 0 N–H and O–H groups in total. The van der Waals surface area contributed by atoms with E-state index in [1.807, 2.05) is 6.92 Å². The standard InChI is InChI=1S/C10H13BS/c1-5-6(2)8(4)10(12)9(11)7(5)3/h12H,1-4H3. The zero-order valence-corrected chi connectivity index (χ0v) is 8.92. The van der Waals surface area contributed by atoms with Crippen LogP contribution in [0.25, 0.3) is 0 Å². The van der Waals surface area contributed by atoms with Crippen molar-refractivity contribution < 1.29 is 0 Å². The van der Waals surface area contributed by atoms with Crippen molar-refractivity contribution >= 4 is 25.9 Å². The average Bonchev–Trinajstić information content (AvgIpc) is 2.08. The van der Waals surface area contributed by atoms with Crippen LogP contribution >= 0.6 is 12.6 Å². The first-order chi connectivity index (χ1) is 5.46. The molecular formula is C10H13BS. The highest BCUT2D eigenvalue weighted by atomic mass is 32.1. The third-order valence-electron chi connectivity index (χ3n) is 2.70. The van der Waals surface area contributed by atoms with Crippen molar-refractivity contribution in [2.45, 2.75) is 32.6 Å². The van der Waals surface area contributed by atoms with E-state index in [0.717, 1.165) is 15.9 Å². The molecule has 2 heteroatoms. The molecule has 0 unspecified atom stereocenters. The summed E-state index contributed by atoms with van der Waals surface area (Å²) in [6.07, 6.45) is 0. The summed E-state index contributed by atoms with van der Waals surface area (Å²) in [5.41, 5.74) is 5.75. The molecule has 0 atom stereocenters.